The molecule has 2 aliphatic rings. The predicted octanol–water partition coefficient (Wildman–Crippen LogP) is 3.06. The summed E-state index contributed by atoms with van der Waals surface area (Å²) in [6, 6.07) is 7.53. The number of aromatic nitrogens is 2. The molecule has 0 unspecified atom stereocenters. The number of carbonyl (C=O) groups excluding carboxylic acids is 2. The van der Waals surface area contributed by atoms with Crippen molar-refractivity contribution in [3.8, 4) is 5.75 Å². The Bertz CT molecular complexity index is 1370. The van der Waals surface area contributed by atoms with Crippen molar-refractivity contribution in [2.75, 3.05) is 12.3 Å². The average Bonchev–Trinajstić information content (AvgIpc) is 3.06. The minimum Gasteiger partial charge on any atom is -0.468 e. The number of likely N-dealkylation sites (tertiary alicyclic amines) is 1. The zero-order valence-corrected chi connectivity index (χ0v) is 20.8. The van der Waals surface area contributed by atoms with E-state index >= 15 is 0 Å². The van der Waals surface area contributed by atoms with Crippen LogP contribution in [0.2, 0.25) is 0 Å². The summed E-state index contributed by atoms with van der Waals surface area (Å²) < 4.78 is 6.28. The first-order valence-corrected chi connectivity index (χ1v) is 13.1. The van der Waals surface area contributed by atoms with Gasteiger partial charge in [-0.05, 0) is 38.0 Å². The van der Waals surface area contributed by atoms with Gasteiger partial charge in [0.05, 0.1) is 11.1 Å². The maximum Gasteiger partial charge on any atom is 0.259 e. The normalized spacial score (nSPS) is 23.6. The Kier molecular flexibility index (Phi) is 5.68. The summed E-state index contributed by atoms with van der Waals surface area (Å²) in [5.41, 5.74) is 6.55. The van der Waals surface area contributed by atoms with Crippen molar-refractivity contribution in [1.29, 1.82) is 0 Å². The van der Waals surface area contributed by atoms with E-state index in [0.717, 1.165) is 20.8 Å². The fourth-order valence-corrected chi connectivity index (χ4v) is 6.91. The van der Waals surface area contributed by atoms with Crippen LogP contribution in [0.15, 0.2) is 29.1 Å². The van der Waals surface area contributed by atoms with Gasteiger partial charge in [-0.15, -0.1) is 11.3 Å². The Hall–Kier alpha value is -2.85. The molecule has 0 aliphatic carbocycles. The van der Waals surface area contributed by atoms with Gasteiger partial charge in [0.2, 0.25) is 11.8 Å². The number of nitrogens with one attached hydrogen (secondary N) is 1. The number of primary amides is 1. The van der Waals surface area contributed by atoms with Crippen molar-refractivity contribution < 1.29 is 14.3 Å². The number of fused-ring (bicyclic) bond motifs is 5. The van der Waals surface area contributed by atoms with Crippen LogP contribution in [0.1, 0.15) is 41.1 Å². The second-order valence-electron chi connectivity index (χ2n) is 9.02. The van der Waals surface area contributed by atoms with Gasteiger partial charge in [-0.1, -0.05) is 18.2 Å². The first-order chi connectivity index (χ1) is 16.2. The summed E-state index contributed by atoms with van der Waals surface area (Å²) >= 11 is 3.08. The quantitative estimate of drug-likeness (QED) is 0.398. The summed E-state index contributed by atoms with van der Waals surface area (Å²) in [6.45, 7) is 6.21. The largest absolute Gasteiger partial charge is 0.468 e. The number of hydrogen-bond donors (Lipinski definition) is 2. The molecule has 2 aromatic heterocycles. The highest BCUT2D eigenvalue weighted by atomic mass is 32.2. The molecule has 3 aromatic rings. The van der Waals surface area contributed by atoms with Crippen LogP contribution in [-0.4, -0.2) is 44.7 Å². The summed E-state index contributed by atoms with van der Waals surface area (Å²) in [6.07, 6.45) is 0.511. The lowest BCUT2D eigenvalue weighted by Crippen LogP contribution is -2.64. The number of aryl methyl sites for hydroxylation is 2. The number of para-hydroxylation sites is 1. The summed E-state index contributed by atoms with van der Waals surface area (Å²) in [4.78, 5) is 49.1. The monoisotopic (exact) mass is 498 g/mol. The van der Waals surface area contributed by atoms with E-state index in [1.807, 2.05) is 45.0 Å². The Morgan fingerprint density at radius 3 is 2.88 bits per heavy atom. The molecule has 4 heterocycles. The van der Waals surface area contributed by atoms with Gasteiger partial charge in [0.15, 0.2) is 5.72 Å². The molecule has 10 heteroatoms. The zero-order chi connectivity index (χ0) is 24.2. The molecule has 0 spiro atoms. The third-order valence-corrected chi connectivity index (χ3v) is 8.89. The fraction of sp³-hybridized carbons (Fsp3) is 0.417. The van der Waals surface area contributed by atoms with Crippen LogP contribution in [0.4, 0.5) is 0 Å². The lowest BCUT2D eigenvalue weighted by molar-refractivity contribution is -0.174. The van der Waals surface area contributed by atoms with Gasteiger partial charge in [0, 0.05) is 29.5 Å². The van der Waals surface area contributed by atoms with Gasteiger partial charge in [0.25, 0.3) is 5.56 Å². The number of ether oxygens (including phenoxy) is 1. The average molecular weight is 499 g/mol. The molecule has 2 amide bonds. The number of aromatic amines is 1. The van der Waals surface area contributed by atoms with Gasteiger partial charge >= 0.3 is 0 Å². The van der Waals surface area contributed by atoms with E-state index in [4.69, 9.17) is 10.5 Å². The van der Waals surface area contributed by atoms with Gasteiger partial charge < -0.3 is 20.4 Å². The summed E-state index contributed by atoms with van der Waals surface area (Å²) in [5, 5.41) is 0.657. The smallest absolute Gasteiger partial charge is 0.259 e. The van der Waals surface area contributed by atoms with E-state index in [-0.39, 0.29) is 17.4 Å². The first kappa shape index (κ1) is 22.9. The number of piperidine rings is 1. The van der Waals surface area contributed by atoms with Gasteiger partial charge in [-0.3, -0.25) is 14.4 Å². The number of nitrogens with two attached hydrogens (primary N) is 1. The highest BCUT2D eigenvalue weighted by Gasteiger charge is 2.55. The van der Waals surface area contributed by atoms with Crippen LogP contribution in [0.25, 0.3) is 10.2 Å². The van der Waals surface area contributed by atoms with Gasteiger partial charge in [-0.25, -0.2) is 4.98 Å². The standard InChI is InChI=1S/C24H26N4O4S2/c1-12-13(2)34-22-18(12)21(30)26-17(27-22)11-33-9-8-28-23(31)19(20(25)29)15-10-24(28,3)32-16-7-5-4-6-14(15)16/h4-7,15,19H,8-11H2,1-3H3,(H2,25,29)(H,26,27,30)/t15-,19+,24+/m0/s1. The molecule has 34 heavy (non-hydrogen) atoms. The zero-order valence-electron chi connectivity index (χ0n) is 19.2. The Balaban J connectivity index is 1.32. The van der Waals surface area contributed by atoms with E-state index in [1.54, 1.807) is 16.7 Å². The summed E-state index contributed by atoms with van der Waals surface area (Å²) in [7, 11) is 0. The van der Waals surface area contributed by atoms with Crippen LogP contribution in [0.3, 0.4) is 0 Å². The molecular weight excluding hydrogens is 472 g/mol. The number of nitrogens with zero attached hydrogens (tertiary/aromatic N) is 2. The minimum absolute atomic E-state index is 0.120. The van der Waals surface area contributed by atoms with Crippen molar-refractivity contribution >= 4 is 45.1 Å². The lowest BCUT2D eigenvalue weighted by atomic mass is 9.73. The maximum absolute atomic E-state index is 13.4. The Labute approximate surface area is 204 Å². The third-order valence-electron chi connectivity index (χ3n) is 6.85. The number of thioether (sulfide) groups is 1. The third kappa shape index (κ3) is 3.69. The van der Waals surface area contributed by atoms with Crippen LogP contribution >= 0.6 is 23.1 Å². The number of hydrogen-bond acceptors (Lipinski definition) is 7. The number of H-pyrrole nitrogens is 1. The van der Waals surface area contributed by atoms with Crippen LogP contribution in [-0.2, 0) is 15.3 Å². The molecule has 3 atom stereocenters. The molecule has 5 rings (SSSR count). The maximum atomic E-state index is 13.4. The molecule has 0 radical (unpaired) electrons. The molecular formula is C24H26N4O4S2. The topological polar surface area (TPSA) is 118 Å². The highest BCUT2D eigenvalue weighted by molar-refractivity contribution is 7.98. The number of thiophene rings is 1. The van der Waals surface area contributed by atoms with Crippen molar-refractivity contribution in [3.05, 3.63) is 56.4 Å². The molecule has 1 aromatic carbocycles. The molecule has 3 N–H and O–H groups in total. The van der Waals surface area contributed by atoms with E-state index in [0.29, 0.717) is 41.4 Å². The molecule has 2 bridgehead atoms. The predicted molar refractivity (Wildman–Crippen MR) is 133 cm³/mol. The SMILES string of the molecule is Cc1sc2nc(CSCCN3C(=O)[C@@H](C(N)=O)[C@H]4C[C@@]3(C)Oc3ccccc34)[nH]c(=O)c2c1C. The second kappa shape index (κ2) is 8.42. The van der Waals surface area contributed by atoms with Crippen LogP contribution < -0.4 is 16.0 Å². The summed E-state index contributed by atoms with van der Waals surface area (Å²) in [5.74, 6) is 0.295. The van der Waals surface area contributed by atoms with Gasteiger partial charge in [-0.2, -0.15) is 11.8 Å². The molecule has 2 aliphatic heterocycles. The Morgan fingerprint density at radius 1 is 1.35 bits per heavy atom. The number of benzene rings is 1. The van der Waals surface area contributed by atoms with Crippen LogP contribution in [0, 0.1) is 19.8 Å². The minimum atomic E-state index is -0.908. The highest BCUT2D eigenvalue weighted by Crippen LogP contribution is 2.50. The van der Waals surface area contributed by atoms with E-state index in [2.05, 4.69) is 9.97 Å². The van der Waals surface area contributed by atoms with Gasteiger partial charge in [0.1, 0.15) is 22.3 Å². The molecule has 1 fully saturated rings. The van der Waals surface area contributed by atoms with E-state index < -0.39 is 17.6 Å². The van der Waals surface area contributed by atoms with Crippen molar-refractivity contribution in [2.24, 2.45) is 11.7 Å². The van der Waals surface area contributed by atoms with Crippen LogP contribution in [0.5, 0.6) is 5.75 Å². The number of rotatable bonds is 6. The fourth-order valence-electron chi connectivity index (χ4n) is 5.07. The van der Waals surface area contributed by atoms with Crippen molar-refractivity contribution in [1.82, 2.24) is 14.9 Å². The Morgan fingerprint density at radius 2 is 2.12 bits per heavy atom. The number of amides is 2. The first-order valence-electron chi connectivity index (χ1n) is 11.1. The van der Waals surface area contributed by atoms with Crippen molar-refractivity contribution in [2.45, 2.75) is 44.6 Å². The van der Waals surface area contributed by atoms with Crippen molar-refractivity contribution in [3.63, 3.8) is 0 Å². The molecule has 178 valence electrons. The van der Waals surface area contributed by atoms with E-state index in [9.17, 15) is 14.4 Å². The molecule has 0 saturated carbocycles. The lowest BCUT2D eigenvalue weighted by Gasteiger charge is -2.52. The second-order valence-corrected chi connectivity index (χ2v) is 11.3. The van der Waals surface area contributed by atoms with E-state index in [1.165, 1.54) is 11.3 Å². The molecule has 8 nitrogen and oxygen atoms in total. The number of carbonyl (C=O) groups is 2. The molecule has 1 saturated heterocycles.